The Kier molecular flexibility index (Phi) is 5.81. The van der Waals surface area contributed by atoms with Crippen LogP contribution in [0.4, 0.5) is 15.9 Å². The summed E-state index contributed by atoms with van der Waals surface area (Å²) >= 11 is 0. The first-order valence-electron chi connectivity index (χ1n) is 10.0. The van der Waals surface area contributed by atoms with Crippen molar-refractivity contribution in [2.75, 3.05) is 10.6 Å². The lowest BCUT2D eigenvalue weighted by Gasteiger charge is -2.12. The second-order valence-electron chi connectivity index (χ2n) is 7.34. The molecule has 0 radical (unpaired) electrons. The predicted octanol–water partition coefficient (Wildman–Crippen LogP) is 5.13. The van der Waals surface area contributed by atoms with Gasteiger partial charge in [-0.25, -0.2) is 9.07 Å². The molecule has 2 amide bonds. The second-order valence-corrected chi connectivity index (χ2v) is 7.34. The third-order valence-corrected chi connectivity index (χ3v) is 5.13. The number of halogens is 1. The average Bonchev–Trinajstić information content (AvgIpc) is 3.20. The van der Waals surface area contributed by atoms with Crippen molar-refractivity contribution in [2.24, 2.45) is 0 Å². The topological polar surface area (TPSA) is 76.0 Å². The van der Waals surface area contributed by atoms with Crippen molar-refractivity contribution in [3.05, 3.63) is 107 Å². The highest BCUT2D eigenvalue weighted by atomic mass is 19.1. The normalized spacial score (nSPS) is 10.6. The van der Waals surface area contributed by atoms with Crippen LogP contribution < -0.4 is 10.6 Å². The van der Waals surface area contributed by atoms with Gasteiger partial charge in [0.1, 0.15) is 17.2 Å². The Balaban J connectivity index is 1.71. The largest absolute Gasteiger partial charge is 0.322 e. The number of amides is 2. The van der Waals surface area contributed by atoms with E-state index in [-0.39, 0.29) is 16.9 Å². The summed E-state index contributed by atoms with van der Waals surface area (Å²) < 4.78 is 15.6. The molecule has 1 heterocycles. The molecule has 0 spiro atoms. The lowest BCUT2D eigenvalue weighted by molar-refractivity contribution is 0.102. The predicted molar refractivity (Wildman–Crippen MR) is 122 cm³/mol. The van der Waals surface area contributed by atoms with Gasteiger partial charge in [0.25, 0.3) is 11.8 Å². The monoisotopic (exact) mass is 428 g/mol. The van der Waals surface area contributed by atoms with Crippen molar-refractivity contribution in [3.63, 3.8) is 0 Å². The molecule has 2 N–H and O–H groups in total. The van der Waals surface area contributed by atoms with Gasteiger partial charge >= 0.3 is 0 Å². The summed E-state index contributed by atoms with van der Waals surface area (Å²) in [5, 5.41) is 9.80. The number of rotatable bonds is 5. The Morgan fingerprint density at radius 2 is 1.50 bits per heavy atom. The molecule has 3 aromatic carbocycles. The van der Waals surface area contributed by atoms with E-state index >= 15 is 0 Å². The Morgan fingerprint density at radius 3 is 2.22 bits per heavy atom. The highest BCUT2D eigenvalue weighted by Gasteiger charge is 2.22. The summed E-state index contributed by atoms with van der Waals surface area (Å²) in [7, 11) is 0. The molecule has 7 heteroatoms. The van der Waals surface area contributed by atoms with Crippen molar-refractivity contribution in [2.45, 2.75) is 13.8 Å². The molecule has 1 aromatic heterocycles. The lowest BCUT2D eigenvalue weighted by Crippen LogP contribution is -2.20. The minimum Gasteiger partial charge on any atom is -0.322 e. The summed E-state index contributed by atoms with van der Waals surface area (Å²) in [4.78, 5) is 25.9. The third-order valence-electron chi connectivity index (χ3n) is 5.13. The lowest BCUT2D eigenvalue weighted by atomic mass is 10.1. The summed E-state index contributed by atoms with van der Waals surface area (Å²) in [6.45, 7) is 3.94. The van der Waals surface area contributed by atoms with E-state index in [9.17, 15) is 14.0 Å². The van der Waals surface area contributed by atoms with E-state index in [0.29, 0.717) is 11.4 Å². The van der Waals surface area contributed by atoms with Gasteiger partial charge in [-0.15, -0.1) is 0 Å². The van der Waals surface area contributed by atoms with Crippen molar-refractivity contribution < 1.29 is 14.0 Å². The number of benzene rings is 3. The fraction of sp³-hybridized carbons (Fsp3) is 0.0800. The smallest absolute Gasteiger partial charge is 0.261 e. The minimum absolute atomic E-state index is 0.131. The first-order valence-corrected chi connectivity index (χ1v) is 10.0. The quantitative estimate of drug-likeness (QED) is 0.463. The molecule has 4 rings (SSSR count). The van der Waals surface area contributed by atoms with Crippen LogP contribution in [0.2, 0.25) is 0 Å². The number of aryl methyl sites for hydroxylation is 2. The van der Waals surface area contributed by atoms with E-state index in [1.165, 1.54) is 29.1 Å². The van der Waals surface area contributed by atoms with Crippen LogP contribution in [0.3, 0.4) is 0 Å². The van der Waals surface area contributed by atoms with Crippen LogP contribution >= 0.6 is 0 Å². The Morgan fingerprint density at radius 1 is 0.812 bits per heavy atom. The number of hydrogen-bond donors (Lipinski definition) is 2. The second kappa shape index (κ2) is 8.85. The Hall–Kier alpha value is -4.26. The van der Waals surface area contributed by atoms with Gasteiger partial charge in [0.2, 0.25) is 0 Å². The molecule has 160 valence electrons. The maximum atomic E-state index is 14.1. The van der Waals surface area contributed by atoms with Crippen molar-refractivity contribution >= 4 is 23.3 Å². The van der Waals surface area contributed by atoms with E-state index < -0.39 is 17.6 Å². The number of anilines is 2. The summed E-state index contributed by atoms with van der Waals surface area (Å²) in [5.74, 6) is -1.64. The molecule has 0 aliphatic heterocycles. The number of nitrogens with one attached hydrogen (secondary N) is 2. The molecule has 0 unspecified atom stereocenters. The molecule has 0 bridgehead atoms. The summed E-state index contributed by atoms with van der Waals surface area (Å²) in [5.41, 5.74) is 3.43. The number of carbonyl (C=O) groups excluding carboxylic acids is 2. The first-order chi connectivity index (χ1) is 15.4. The first kappa shape index (κ1) is 21.0. The molecule has 4 aromatic rings. The summed E-state index contributed by atoms with van der Waals surface area (Å²) in [6.07, 6.45) is 1.38. The van der Waals surface area contributed by atoms with Crippen LogP contribution in [0.5, 0.6) is 0 Å². The van der Waals surface area contributed by atoms with Crippen molar-refractivity contribution in [1.29, 1.82) is 0 Å². The molecule has 0 saturated carbocycles. The Bertz CT molecular complexity index is 1300. The zero-order chi connectivity index (χ0) is 22.7. The molecule has 32 heavy (non-hydrogen) atoms. The van der Waals surface area contributed by atoms with E-state index in [0.717, 1.165) is 11.1 Å². The van der Waals surface area contributed by atoms with E-state index in [1.54, 1.807) is 24.3 Å². The number of hydrogen-bond acceptors (Lipinski definition) is 3. The maximum absolute atomic E-state index is 14.1. The Labute approximate surface area is 184 Å². The number of aromatic nitrogens is 2. The van der Waals surface area contributed by atoms with Crippen molar-refractivity contribution in [3.8, 4) is 5.69 Å². The van der Waals surface area contributed by atoms with Gasteiger partial charge in [-0.1, -0.05) is 36.4 Å². The van der Waals surface area contributed by atoms with Crippen LogP contribution in [0, 0.1) is 19.7 Å². The molecule has 0 saturated heterocycles. The molecule has 0 atom stereocenters. The van der Waals surface area contributed by atoms with Crippen LogP contribution in [0.1, 0.15) is 31.8 Å². The fourth-order valence-corrected chi connectivity index (χ4v) is 3.24. The van der Waals surface area contributed by atoms with Crippen LogP contribution in [0.25, 0.3) is 5.69 Å². The summed E-state index contributed by atoms with van der Waals surface area (Å²) in [6, 6.07) is 20.3. The highest BCUT2D eigenvalue weighted by molar-refractivity contribution is 6.12. The van der Waals surface area contributed by atoms with Gasteiger partial charge < -0.3 is 10.6 Å². The standard InChI is InChI=1S/C25H21FN4O2/c1-16-12-13-18(14-17(16)2)28-25(32)21-15-27-30(19-8-4-3-5-9-19)23(21)29-24(31)20-10-6-7-11-22(20)26/h3-15H,1-2H3,(H,28,32)(H,29,31). The minimum atomic E-state index is -0.680. The zero-order valence-electron chi connectivity index (χ0n) is 17.6. The van der Waals surface area contributed by atoms with Gasteiger partial charge in [0.15, 0.2) is 0 Å². The number of carbonyl (C=O) groups is 2. The number of nitrogens with zero attached hydrogens (tertiary/aromatic N) is 2. The molecule has 0 fully saturated rings. The highest BCUT2D eigenvalue weighted by Crippen LogP contribution is 2.23. The van der Waals surface area contributed by atoms with E-state index in [4.69, 9.17) is 0 Å². The maximum Gasteiger partial charge on any atom is 0.261 e. The van der Waals surface area contributed by atoms with Gasteiger partial charge in [-0.3, -0.25) is 9.59 Å². The van der Waals surface area contributed by atoms with Crippen LogP contribution in [0.15, 0.2) is 79.0 Å². The fourth-order valence-electron chi connectivity index (χ4n) is 3.24. The third kappa shape index (κ3) is 4.27. The molecule has 6 nitrogen and oxygen atoms in total. The van der Waals surface area contributed by atoms with Gasteiger partial charge in [-0.2, -0.15) is 5.10 Å². The van der Waals surface area contributed by atoms with Gasteiger partial charge in [0, 0.05) is 5.69 Å². The molecular formula is C25H21FN4O2. The van der Waals surface area contributed by atoms with E-state index in [1.807, 2.05) is 44.2 Å². The average molecular weight is 428 g/mol. The zero-order valence-corrected chi connectivity index (χ0v) is 17.6. The molecular weight excluding hydrogens is 407 g/mol. The number of para-hydroxylation sites is 1. The molecule has 0 aliphatic rings. The SMILES string of the molecule is Cc1ccc(NC(=O)c2cnn(-c3ccccc3)c2NC(=O)c2ccccc2F)cc1C. The van der Waals surface area contributed by atoms with Crippen LogP contribution in [-0.4, -0.2) is 21.6 Å². The van der Waals surface area contributed by atoms with Gasteiger partial charge in [0.05, 0.1) is 17.4 Å². The van der Waals surface area contributed by atoms with E-state index in [2.05, 4.69) is 15.7 Å². The van der Waals surface area contributed by atoms with Gasteiger partial charge in [-0.05, 0) is 61.4 Å². The van der Waals surface area contributed by atoms with Crippen LogP contribution in [-0.2, 0) is 0 Å². The van der Waals surface area contributed by atoms with Crippen molar-refractivity contribution in [1.82, 2.24) is 9.78 Å². The molecule has 0 aliphatic carbocycles.